The Morgan fingerprint density at radius 1 is 0.879 bits per heavy atom. The molecule has 0 atom stereocenters. The molecule has 182 valence electrons. The molecule has 1 aromatic carbocycles. The van der Waals surface area contributed by atoms with Gasteiger partial charge in [-0.3, -0.25) is 0 Å². The van der Waals surface area contributed by atoms with Crippen LogP contribution in [0.2, 0.25) is 0 Å². The first-order valence-corrected chi connectivity index (χ1v) is 11.8. The molecule has 0 radical (unpaired) electrons. The van der Waals surface area contributed by atoms with Crippen molar-refractivity contribution in [1.29, 1.82) is 0 Å². The maximum Gasteiger partial charge on any atom is 0.200 e. The molecule has 33 heavy (non-hydrogen) atoms. The van der Waals surface area contributed by atoms with Gasteiger partial charge in [-0.25, -0.2) is 13.2 Å². The van der Waals surface area contributed by atoms with Gasteiger partial charge in [0.25, 0.3) is 0 Å². The van der Waals surface area contributed by atoms with Crippen LogP contribution in [-0.2, 0) is 4.74 Å². The zero-order chi connectivity index (χ0) is 24.1. The van der Waals surface area contributed by atoms with Crippen molar-refractivity contribution in [3.05, 3.63) is 71.0 Å². The summed E-state index contributed by atoms with van der Waals surface area (Å²) in [6, 6.07) is 3.46. The monoisotopic (exact) mass is 466 g/mol. The Morgan fingerprint density at radius 2 is 1.36 bits per heavy atom. The van der Waals surface area contributed by atoms with Gasteiger partial charge in [0.15, 0.2) is 23.3 Å². The van der Waals surface area contributed by atoms with Crippen molar-refractivity contribution < 1.29 is 27.4 Å². The lowest BCUT2D eigenvalue weighted by molar-refractivity contribution is 0.122. The van der Waals surface area contributed by atoms with E-state index in [0.29, 0.717) is 55.6 Å². The highest BCUT2D eigenvalue weighted by atomic mass is 19.2. The van der Waals surface area contributed by atoms with E-state index in [0.717, 1.165) is 25.7 Å². The molecule has 0 aromatic heterocycles. The van der Waals surface area contributed by atoms with E-state index in [1.807, 2.05) is 0 Å². The summed E-state index contributed by atoms with van der Waals surface area (Å²) < 4.78 is 62.4. The second-order valence-electron chi connectivity index (χ2n) is 9.49. The van der Waals surface area contributed by atoms with E-state index < -0.39 is 23.3 Å². The Hall–Kier alpha value is -2.08. The molecule has 2 saturated carbocycles. The number of hydrogen-bond donors (Lipinski definition) is 1. The predicted molar refractivity (Wildman–Crippen MR) is 122 cm³/mol. The van der Waals surface area contributed by atoms with Gasteiger partial charge in [-0.2, -0.15) is 4.39 Å². The third kappa shape index (κ3) is 6.08. The number of hydrogen-bond acceptors (Lipinski definition) is 2. The lowest BCUT2D eigenvalue weighted by Crippen LogP contribution is -2.19. The fraction of sp³-hybridized carbons (Fsp3) is 0.556. The largest absolute Gasteiger partial charge is 0.494 e. The van der Waals surface area contributed by atoms with Crippen molar-refractivity contribution in [3.63, 3.8) is 0 Å². The number of aliphatic hydroxyl groups is 1. The van der Waals surface area contributed by atoms with Crippen LogP contribution in [0.4, 0.5) is 17.6 Å². The lowest BCUT2D eigenvalue weighted by Gasteiger charge is -2.30. The second kappa shape index (κ2) is 11.4. The van der Waals surface area contributed by atoms with Crippen molar-refractivity contribution in [1.82, 2.24) is 0 Å². The van der Waals surface area contributed by atoms with Gasteiger partial charge >= 0.3 is 0 Å². The maximum absolute atomic E-state index is 15.0. The summed E-state index contributed by atoms with van der Waals surface area (Å²) in [5, 5.41) is 9.67. The summed E-state index contributed by atoms with van der Waals surface area (Å²) in [5.74, 6) is -3.78. The molecule has 2 nitrogen and oxygen atoms in total. The van der Waals surface area contributed by atoms with E-state index in [1.165, 1.54) is 7.11 Å². The molecule has 0 spiro atoms. The molecule has 2 aliphatic carbocycles. The molecule has 0 aliphatic heterocycles. The average molecular weight is 467 g/mol. The molecule has 6 heteroatoms. The lowest BCUT2D eigenvalue weighted by atomic mass is 9.76. The Kier molecular flexibility index (Phi) is 8.80. The number of halogens is 4. The van der Waals surface area contributed by atoms with E-state index in [4.69, 9.17) is 0 Å². The summed E-state index contributed by atoms with van der Waals surface area (Å²) in [7, 11) is 1.22. The SMILES string of the molecule is C=C(CCC1CCC(c2ccc(C3CCC(O)CC3)c(F)c2F)CC1)/C(F)=C(/F)C(=C)OC. The minimum absolute atomic E-state index is 0.0406. The van der Waals surface area contributed by atoms with E-state index >= 15 is 0 Å². The van der Waals surface area contributed by atoms with Crippen LogP contribution in [-0.4, -0.2) is 18.3 Å². The topological polar surface area (TPSA) is 29.5 Å². The smallest absolute Gasteiger partial charge is 0.200 e. The van der Waals surface area contributed by atoms with Gasteiger partial charge in [0, 0.05) is 0 Å². The molecule has 0 amide bonds. The number of rotatable bonds is 8. The number of methoxy groups -OCH3 is 1. The summed E-state index contributed by atoms with van der Waals surface area (Å²) >= 11 is 0. The van der Waals surface area contributed by atoms with Gasteiger partial charge in [0.2, 0.25) is 0 Å². The highest BCUT2D eigenvalue weighted by molar-refractivity contribution is 5.33. The molecule has 2 fully saturated rings. The fourth-order valence-electron chi connectivity index (χ4n) is 5.21. The molecule has 1 aromatic rings. The van der Waals surface area contributed by atoms with Crippen LogP contribution >= 0.6 is 0 Å². The Bertz CT molecular complexity index is 892. The van der Waals surface area contributed by atoms with Crippen molar-refractivity contribution in [2.24, 2.45) is 5.92 Å². The Balaban J connectivity index is 1.55. The van der Waals surface area contributed by atoms with Crippen LogP contribution in [0.25, 0.3) is 0 Å². The van der Waals surface area contributed by atoms with Gasteiger partial charge in [-0.05, 0) is 98.7 Å². The summed E-state index contributed by atoms with van der Waals surface area (Å²) in [6.07, 6.45) is 6.34. The molecule has 2 aliphatic rings. The summed E-state index contributed by atoms with van der Waals surface area (Å²) in [5.41, 5.74) is 0.935. The second-order valence-corrected chi connectivity index (χ2v) is 9.49. The van der Waals surface area contributed by atoms with Crippen LogP contribution in [0, 0.1) is 17.6 Å². The zero-order valence-electron chi connectivity index (χ0n) is 19.3. The average Bonchev–Trinajstić information content (AvgIpc) is 2.83. The molecular formula is C27H34F4O2. The molecule has 0 bridgehead atoms. The van der Waals surface area contributed by atoms with Crippen molar-refractivity contribution >= 4 is 0 Å². The number of allylic oxidation sites excluding steroid dienone is 3. The molecular weight excluding hydrogens is 432 g/mol. The first-order valence-electron chi connectivity index (χ1n) is 11.8. The normalized spacial score (nSPS) is 26.5. The molecule has 0 heterocycles. The standard InChI is InChI=1S/C27H34F4O2/c1-16(24(28)25(29)17(2)33-3)4-5-18-6-8-19(9-7-18)22-14-15-23(27(31)26(22)30)20-10-12-21(32)13-11-20/h14-15,18-21,32H,1-2,4-13H2,3H3/b25-24-. The maximum atomic E-state index is 15.0. The van der Waals surface area contributed by atoms with Crippen LogP contribution in [0.3, 0.4) is 0 Å². The molecule has 3 rings (SSSR count). The summed E-state index contributed by atoms with van der Waals surface area (Å²) in [4.78, 5) is 0. The Labute approximate surface area is 194 Å². The van der Waals surface area contributed by atoms with E-state index in [-0.39, 0.29) is 29.3 Å². The molecule has 0 unspecified atom stereocenters. The summed E-state index contributed by atoms with van der Waals surface area (Å²) in [6.45, 7) is 6.94. The highest BCUT2D eigenvalue weighted by Crippen LogP contribution is 2.42. The number of benzene rings is 1. The number of ether oxygens (including phenoxy) is 1. The third-order valence-electron chi connectivity index (χ3n) is 7.41. The van der Waals surface area contributed by atoms with Crippen LogP contribution in [0.15, 0.2) is 48.3 Å². The van der Waals surface area contributed by atoms with E-state index in [2.05, 4.69) is 17.9 Å². The zero-order valence-corrected chi connectivity index (χ0v) is 19.3. The van der Waals surface area contributed by atoms with Gasteiger partial charge < -0.3 is 9.84 Å². The van der Waals surface area contributed by atoms with E-state index in [1.54, 1.807) is 12.1 Å². The molecule has 0 saturated heterocycles. The Morgan fingerprint density at radius 3 is 1.85 bits per heavy atom. The fourth-order valence-corrected chi connectivity index (χ4v) is 5.21. The minimum Gasteiger partial charge on any atom is -0.494 e. The van der Waals surface area contributed by atoms with Crippen LogP contribution in [0.1, 0.15) is 87.2 Å². The third-order valence-corrected chi connectivity index (χ3v) is 7.41. The first kappa shape index (κ1) is 25.5. The number of aliphatic hydroxyl groups excluding tert-OH is 1. The predicted octanol–water partition coefficient (Wildman–Crippen LogP) is 7.90. The van der Waals surface area contributed by atoms with Crippen molar-refractivity contribution in [2.75, 3.05) is 7.11 Å². The van der Waals surface area contributed by atoms with Gasteiger partial charge in [-0.15, -0.1) is 0 Å². The molecule has 1 N–H and O–H groups in total. The van der Waals surface area contributed by atoms with Crippen LogP contribution in [0.5, 0.6) is 0 Å². The minimum atomic E-state index is -1.13. The van der Waals surface area contributed by atoms with E-state index in [9.17, 15) is 22.7 Å². The van der Waals surface area contributed by atoms with Gasteiger partial charge in [-0.1, -0.05) is 25.3 Å². The van der Waals surface area contributed by atoms with Gasteiger partial charge in [0.1, 0.15) is 5.76 Å². The van der Waals surface area contributed by atoms with Crippen molar-refractivity contribution in [3.8, 4) is 0 Å². The van der Waals surface area contributed by atoms with Gasteiger partial charge in [0.05, 0.1) is 13.2 Å². The quantitative estimate of drug-likeness (QED) is 0.240. The highest BCUT2D eigenvalue weighted by Gasteiger charge is 2.29. The first-order chi connectivity index (χ1) is 15.7. The van der Waals surface area contributed by atoms with Crippen LogP contribution < -0.4 is 0 Å². The van der Waals surface area contributed by atoms with Crippen molar-refractivity contribution in [2.45, 2.75) is 82.1 Å².